The van der Waals surface area contributed by atoms with E-state index in [1.165, 1.54) is 0 Å². The SMILES string of the molecule is CC(C)(C)[Si](C)(C)C#CC[C@@H](NC(=O)c1ccc(C(F)(F)F)cc1)C(N)=O. The van der Waals surface area contributed by atoms with E-state index >= 15 is 0 Å². The molecule has 0 aliphatic heterocycles. The van der Waals surface area contributed by atoms with Crippen LogP contribution >= 0.6 is 0 Å². The van der Waals surface area contributed by atoms with Crippen molar-refractivity contribution < 1.29 is 22.8 Å². The number of primary amides is 1. The van der Waals surface area contributed by atoms with Crippen molar-refractivity contribution in [1.29, 1.82) is 0 Å². The van der Waals surface area contributed by atoms with E-state index in [1.54, 1.807) is 0 Å². The topological polar surface area (TPSA) is 72.2 Å². The van der Waals surface area contributed by atoms with Crippen LogP contribution in [0.3, 0.4) is 0 Å². The number of halogens is 3. The first-order valence-electron chi connectivity index (χ1n) is 8.42. The fourth-order valence-electron chi connectivity index (χ4n) is 1.84. The van der Waals surface area contributed by atoms with Crippen molar-refractivity contribution in [3.63, 3.8) is 0 Å². The Morgan fingerprint density at radius 3 is 2.07 bits per heavy atom. The van der Waals surface area contributed by atoms with E-state index in [0.717, 1.165) is 24.3 Å². The second-order valence-electron chi connectivity index (χ2n) is 7.88. The minimum Gasteiger partial charge on any atom is -0.368 e. The normalized spacial score (nSPS) is 13.3. The van der Waals surface area contributed by atoms with Gasteiger partial charge in [-0.05, 0) is 29.3 Å². The number of carbonyl (C=O) groups is 2. The molecule has 27 heavy (non-hydrogen) atoms. The summed E-state index contributed by atoms with van der Waals surface area (Å²) in [5.41, 5.74) is 7.70. The van der Waals surface area contributed by atoms with Crippen molar-refractivity contribution in [2.24, 2.45) is 5.73 Å². The molecule has 8 heteroatoms. The molecule has 0 fully saturated rings. The third kappa shape index (κ3) is 6.43. The average Bonchev–Trinajstić information content (AvgIpc) is 2.51. The zero-order chi connectivity index (χ0) is 21.0. The van der Waals surface area contributed by atoms with E-state index in [0.29, 0.717) is 0 Å². The number of nitrogens with two attached hydrogens (primary N) is 1. The van der Waals surface area contributed by atoms with Crippen LogP contribution in [0.1, 0.15) is 43.1 Å². The number of nitrogens with one attached hydrogen (secondary N) is 1. The summed E-state index contributed by atoms with van der Waals surface area (Å²) in [6, 6.07) is 2.71. The van der Waals surface area contributed by atoms with Crippen LogP contribution in [0.15, 0.2) is 24.3 Å². The first kappa shape index (κ1) is 22.8. The van der Waals surface area contributed by atoms with Crippen LogP contribution in [-0.4, -0.2) is 25.9 Å². The highest BCUT2D eigenvalue weighted by Crippen LogP contribution is 2.35. The zero-order valence-corrected chi connectivity index (χ0v) is 17.1. The first-order chi connectivity index (χ1) is 12.1. The maximum absolute atomic E-state index is 12.6. The van der Waals surface area contributed by atoms with Crippen LogP contribution in [0, 0.1) is 11.5 Å². The molecule has 4 nitrogen and oxygen atoms in total. The Hall–Kier alpha value is -2.27. The molecule has 0 aromatic heterocycles. The van der Waals surface area contributed by atoms with Crippen molar-refractivity contribution in [3.8, 4) is 11.5 Å². The quantitative estimate of drug-likeness (QED) is 0.599. The van der Waals surface area contributed by atoms with Gasteiger partial charge in [-0.1, -0.05) is 33.9 Å². The first-order valence-corrected chi connectivity index (χ1v) is 11.4. The molecule has 0 unspecified atom stereocenters. The maximum Gasteiger partial charge on any atom is 0.416 e. The van der Waals surface area contributed by atoms with E-state index in [2.05, 4.69) is 50.6 Å². The number of hydrogen-bond donors (Lipinski definition) is 2. The van der Waals surface area contributed by atoms with Crippen molar-refractivity contribution in [2.75, 3.05) is 0 Å². The van der Waals surface area contributed by atoms with Crippen LogP contribution in [0.4, 0.5) is 13.2 Å². The van der Waals surface area contributed by atoms with Gasteiger partial charge in [-0.3, -0.25) is 9.59 Å². The summed E-state index contributed by atoms with van der Waals surface area (Å²) in [4.78, 5) is 23.8. The molecule has 1 rings (SSSR count). The predicted molar refractivity (Wildman–Crippen MR) is 101 cm³/mol. The fourth-order valence-corrected chi connectivity index (χ4v) is 2.76. The lowest BCUT2D eigenvalue weighted by Crippen LogP contribution is -2.44. The van der Waals surface area contributed by atoms with Gasteiger partial charge < -0.3 is 11.1 Å². The van der Waals surface area contributed by atoms with Gasteiger partial charge in [0, 0.05) is 12.0 Å². The highest BCUT2D eigenvalue weighted by molar-refractivity contribution is 6.87. The molecule has 1 aromatic rings. The van der Waals surface area contributed by atoms with Gasteiger partial charge in [0.2, 0.25) is 5.91 Å². The molecular weight excluding hydrogens is 373 g/mol. The molecule has 0 aliphatic carbocycles. The standard InChI is InChI=1S/C19H25F3N2O2Si/c1-18(2,3)27(4,5)12-6-7-15(16(23)25)24-17(26)13-8-10-14(11-9-13)19(20,21)22/h8-11,15H,7H2,1-5H3,(H2,23,25)(H,24,26)/t15-/m1/s1. The van der Waals surface area contributed by atoms with Gasteiger partial charge >= 0.3 is 6.18 Å². The van der Waals surface area contributed by atoms with Crippen LogP contribution < -0.4 is 11.1 Å². The number of carbonyl (C=O) groups excluding carboxylic acids is 2. The maximum atomic E-state index is 12.6. The van der Waals surface area contributed by atoms with Crippen LogP contribution in [-0.2, 0) is 11.0 Å². The summed E-state index contributed by atoms with van der Waals surface area (Å²) < 4.78 is 37.7. The van der Waals surface area contributed by atoms with Gasteiger partial charge in [0.15, 0.2) is 0 Å². The number of alkyl halides is 3. The molecule has 0 spiro atoms. The molecule has 3 N–H and O–H groups in total. The second kappa shape index (κ2) is 8.17. The molecule has 0 bridgehead atoms. The van der Waals surface area contributed by atoms with Crippen LogP contribution in [0.25, 0.3) is 0 Å². The Balaban J connectivity index is 2.87. The third-order valence-electron chi connectivity index (χ3n) is 4.71. The Kier molecular flexibility index (Phi) is 6.89. The number of amides is 2. The Morgan fingerprint density at radius 1 is 1.15 bits per heavy atom. The molecule has 0 saturated carbocycles. The summed E-state index contributed by atoms with van der Waals surface area (Å²) in [6.45, 7) is 10.5. The van der Waals surface area contributed by atoms with E-state index in [9.17, 15) is 22.8 Å². The molecule has 1 atom stereocenters. The highest BCUT2D eigenvalue weighted by atomic mass is 28.3. The summed E-state index contributed by atoms with van der Waals surface area (Å²) in [6.07, 6.45) is -4.43. The van der Waals surface area contributed by atoms with Gasteiger partial charge in [0.1, 0.15) is 14.1 Å². The summed E-state index contributed by atoms with van der Waals surface area (Å²) in [7, 11) is -1.87. The van der Waals surface area contributed by atoms with Gasteiger partial charge in [-0.15, -0.1) is 11.5 Å². The molecular formula is C19H25F3N2O2Si. The van der Waals surface area contributed by atoms with Crippen molar-refractivity contribution in [2.45, 2.75) is 57.5 Å². The fraction of sp³-hybridized carbons (Fsp3) is 0.474. The molecule has 148 valence electrons. The average molecular weight is 399 g/mol. The number of hydrogen-bond acceptors (Lipinski definition) is 2. The number of rotatable bonds is 4. The second-order valence-corrected chi connectivity index (χ2v) is 12.9. The Labute approximate surface area is 158 Å². The molecule has 0 radical (unpaired) electrons. The lowest BCUT2D eigenvalue weighted by molar-refractivity contribution is -0.137. The Morgan fingerprint density at radius 2 is 1.67 bits per heavy atom. The third-order valence-corrected chi connectivity index (χ3v) is 9.26. The molecule has 0 heterocycles. The van der Waals surface area contributed by atoms with Gasteiger partial charge in [0.05, 0.1) is 5.56 Å². The van der Waals surface area contributed by atoms with Crippen LogP contribution in [0.5, 0.6) is 0 Å². The smallest absolute Gasteiger partial charge is 0.368 e. The van der Waals surface area contributed by atoms with E-state index in [4.69, 9.17) is 5.73 Å². The molecule has 2 amide bonds. The molecule has 0 aliphatic rings. The van der Waals surface area contributed by atoms with Crippen molar-refractivity contribution in [1.82, 2.24) is 5.32 Å². The molecule has 0 saturated heterocycles. The predicted octanol–water partition coefficient (Wildman–Crippen LogP) is 3.73. The zero-order valence-electron chi connectivity index (χ0n) is 16.1. The summed E-state index contributed by atoms with van der Waals surface area (Å²) in [5, 5.41) is 2.48. The lowest BCUT2D eigenvalue weighted by Gasteiger charge is -2.31. The minimum absolute atomic E-state index is 0.00612. The van der Waals surface area contributed by atoms with E-state index < -0.39 is 37.7 Å². The van der Waals surface area contributed by atoms with Crippen molar-refractivity contribution in [3.05, 3.63) is 35.4 Å². The van der Waals surface area contributed by atoms with Crippen molar-refractivity contribution >= 4 is 19.9 Å². The summed E-state index contributed by atoms with van der Waals surface area (Å²) >= 11 is 0. The Bertz CT molecular complexity index is 754. The van der Waals surface area contributed by atoms with Gasteiger partial charge in [-0.25, -0.2) is 0 Å². The summed E-state index contributed by atoms with van der Waals surface area (Å²) in [5.74, 6) is 1.52. The van der Waals surface area contributed by atoms with Crippen LogP contribution in [0.2, 0.25) is 18.1 Å². The lowest BCUT2D eigenvalue weighted by atomic mass is 10.1. The van der Waals surface area contributed by atoms with Gasteiger partial charge in [0.25, 0.3) is 5.91 Å². The highest BCUT2D eigenvalue weighted by Gasteiger charge is 2.34. The van der Waals surface area contributed by atoms with Gasteiger partial charge in [-0.2, -0.15) is 13.2 Å². The largest absolute Gasteiger partial charge is 0.416 e. The van der Waals surface area contributed by atoms with E-state index in [-0.39, 0.29) is 17.0 Å². The molecule has 1 aromatic carbocycles. The monoisotopic (exact) mass is 398 g/mol. The number of benzene rings is 1. The minimum atomic E-state index is -4.48. The van der Waals surface area contributed by atoms with E-state index in [1.807, 2.05) is 0 Å².